The van der Waals surface area contributed by atoms with Crippen LogP contribution in [0.3, 0.4) is 0 Å². The summed E-state index contributed by atoms with van der Waals surface area (Å²) in [6.45, 7) is 6.92. The molecular weight excluding hydrogens is 229 g/mol. The molecule has 1 atom stereocenters. The van der Waals surface area contributed by atoms with Crippen LogP contribution in [0.4, 0.5) is 4.39 Å². The van der Waals surface area contributed by atoms with Gasteiger partial charge in [0, 0.05) is 12.1 Å². The number of rotatable bonds is 7. The molecule has 2 nitrogen and oxygen atoms in total. The fourth-order valence-electron chi connectivity index (χ4n) is 1.88. The van der Waals surface area contributed by atoms with E-state index in [-0.39, 0.29) is 11.9 Å². The first-order valence-corrected chi connectivity index (χ1v) is 6.65. The highest BCUT2D eigenvalue weighted by molar-refractivity contribution is 5.30. The van der Waals surface area contributed by atoms with E-state index in [9.17, 15) is 4.39 Å². The van der Waals surface area contributed by atoms with E-state index in [1.54, 1.807) is 0 Å². The first kappa shape index (κ1) is 15.0. The fraction of sp³-hybridized carbons (Fsp3) is 0.600. The van der Waals surface area contributed by atoms with Crippen LogP contribution in [0.25, 0.3) is 0 Å². The van der Waals surface area contributed by atoms with Crippen LogP contribution in [0.15, 0.2) is 18.2 Å². The average Bonchev–Trinajstić information content (AvgIpc) is 2.22. The van der Waals surface area contributed by atoms with Gasteiger partial charge in [-0.3, -0.25) is 0 Å². The smallest absolute Gasteiger partial charge is 0.127 e. The van der Waals surface area contributed by atoms with Crippen molar-refractivity contribution in [3.05, 3.63) is 29.6 Å². The zero-order valence-corrected chi connectivity index (χ0v) is 11.6. The Morgan fingerprint density at radius 3 is 2.56 bits per heavy atom. The van der Waals surface area contributed by atoms with Gasteiger partial charge in [-0.1, -0.05) is 13.8 Å². The summed E-state index contributed by atoms with van der Waals surface area (Å²) in [4.78, 5) is 0. The Labute approximate surface area is 109 Å². The number of ether oxygens (including phenoxy) is 1. The summed E-state index contributed by atoms with van der Waals surface area (Å²) in [5.74, 6) is 1.02. The van der Waals surface area contributed by atoms with Gasteiger partial charge in [0.15, 0.2) is 0 Å². The fourth-order valence-corrected chi connectivity index (χ4v) is 1.88. The van der Waals surface area contributed by atoms with Crippen LogP contribution in [0.1, 0.15) is 39.2 Å². The summed E-state index contributed by atoms with van der Waals surface area (Å²) < 4.78 is 19.0. The first-order valence-electron chi connectivity index (χ1n) is 6.65. The molecule has 0 aliphatic carbocycles. The van der Waals surface area contributed by atoms with Crippen molar-refractivity contribution in [1.29, 1.82) is 0 Å². The summed E-state index contributed by atoms with van der Waals surface area (Å²) >= 11 is 0. The third-order valence-electron chi connectivity index (χ3n) is 2.68. The molecule has 1 aromatic carbocycles. The third kappa shape index (κ3) is 6.01. The molecule has 102 valence electrons. The largest absolute Gasteiger partial charge is 0.493 e. The molecule has 1 unspecified atom stereocenters. The molecule has 0 radical (unpaired) electrons. The first-order chi connectivity index (χ1) is 8.47. The van der Waals surface area contributed by atoms with E-state index < -0.39 is 0 Å². The van der Waals surface area contributed by atoms with Crippen molar-refractivity contribution >= 4 is 0 Å². The number of hydrogen-bond donors (Lipinski definition) is 1. The van der Waals surface area contributed by atoms with Crippen LogP contribution in [0.2, 0.25) is 0 Å². The van der Waals surface area contributed by atoms with Gasteiger partial charge in [-0.2, -0.15) is 0 Å². The van der Waals surface area contributed by atoms with Crippen LogP contribution in [0, 0.1) is 11.7 Å². The molecule has 0 bridgehead atoms. The number of hydrogen-bond acceptors (Lipinski definition) is 2. The molecule has 0 fully saturated rings. The van der Waals surface area contributed by atoms with Gasteiger partial charge in [0.2, 0.25) is 0 Å². The number of halogens is 1. The van der Waals surface area contributed by atoms with E-state index in [4.69, 9.17) is 10.5 Å². The van der Waals surface area contributed by atoms with Crippen molar-refractivity contribution < 1.29 is 9.13 Å². The second-order valence-corrected chi connectivity index (χ2v) is 5.36. The number of benzene rings is 1. The maximum absolute atomic E-state index is 13.4. The van der Waals surface area contributed by atoms with E-state index >= 15 is 0 Å². The van der Waals surface area contributed by atoms with Crippen molar-refractivity contribution in [3.8, 4) is 5.75 Å². The predicted molar refractivity (Wildman–Crippen MR) is 73.3 cm³/mol. The molecule has 3 heteroatoms. The van der Waals surface area contributed by atoms with Crippen LogP contribution in [0.5, 0.6) is 5.75 Å². The average molecular weight is 253 g/mol. The molecule has 0 saturated heterocycles. The monoisotopic (exact) mass is 253 g/mol. The summed E-state index contributed by atoms with van der Waals surface area (Å²) in [6.07, 6.45) is 2.79. The summed E-state index contributed by atoms with van der Waals surface area (Å²) in [6, 6.07) is 4.85. The molecule has 0 aliphatic rings. The predicted octanol–water partition coefficient (Wildman–Crippen LogP) is 3.53. The van der Waals surface area contributed by atoms with Crippen LogP contribution < -0.4 is 10.5 Å². The molecule has 0 saturated carbocycles. The topological polar surface area (TPSA) is 35.2 Å². The molecule has 2 N–H and O–H groups in total. The van der Waals surface area contributed by atoms with Gasteiger partial charge in [-0.15, -0.1) is 0 Å². The van der Waals surface area contributed by atoms with Crippen molar-refractivity contribution in [1.82, 2.24) is 0 Å². The molecule has 1 aromatic rings. The maximum atomic E-state index is 13.4. The highest BCUT2D eigenvalue weighted by Gasteiger charge is 2.04. The molecule has 0 spiro atoms. The standard InChI is InChI=1S/C15H24FNO/c1-11(2)5-4-6-18-15-9-13(7-12(3)17)8-14(16)10-15/h8-12H,4-7,17H2,1-3H3. The summed E-state index contributed by atoms with van der Waals surface area (Å²) in [5, 5.41) is 0. The summed E-state index contributed by atoms with van der Waals surface area (Å²) in [7, 11) is 0. The number of nitrogens with two attached hydrogens (primary N) is 1. The molecule has 1 rings (SSSR count). The van der Waals surface area contributed by atoms with Gasteiger partial charge in [0.1, 0.15) is 11.6 Å². The Hall–Kier alpha value is -1.09. The second kappa shape index (κ2) is 7.37. The minimum absolute atomic E-state index is 0.0283. The Bertz CT molecular complexity index is 364. The van der Waals surface area contributed by atoms with E-state index in [1.165, 1.54) is 12.1 Å². The minimum atomic E-state index is -0.257. The Balaban J connectivity index is 2.51. The highest BCUT2D eigenvalue weighted by Crippen LogP contribution is 2.18. The Morgan fingerprint density at radius 2 is 1.94 bits per heavy atom. The van der Waals surface area contributed by atoms with Crippen LogP contribution >= 0.6 is 0 Å². The van der Waals surface area contributed by atoms with Crippen LogP contribution in [-0.2, 0) is 6.42 Å². The van der Waals surface area contributed by atoms with Crippen LogP contribution in [-0.4, -0.2) is 12.6 Å². The molecule has 0 heterocycles. The lowest BCUT2D eigenvalue weighted by molar-refractivity contribution is 0.296. The summed E-state index contributed by atoms with van der Waals surface area (Å²) in [5.41, 5.74) is 6.61. The van der Waals surface area contributed by atoms with Gasteiger partial charge in [0.25, 0.3) is 0 Å². The maximum Gasteiger partial charge on any atom is 0.127 e. The Kier molecular flexibility index (Phi) is 6.13. The van der Waals surface area contributed by atoms with Gasteiger partial charge in [0.05, 0.1) is 6.61 Å². The highest BCUT2D eigenvalue weighted by atomic mass is 19.1. The Morgan fingerprint density at radius 1 is 1.22 bits per heavy atom. The van der Waals surface area contributed by atoms with E-state index in [0.29, 0.717) is 24.7 Å². The lowest BCUT2D eigenvalue weighted by atomic mass is 10.1. The van der Waals surface area contributed by atoms with Gasteiger partial charge in [-0.05, 0) is 49.8 Å². The van der Waals surface area contributed by atoms with Crippen molar-refractivity contribution in [3.63, 3.8) is 0 Å². The van der Waals surface area contributed by atoms with Gasteiger partial charge in [-0.25, -0.2) is 4.39 Å². The second-order valence-electron chi connectivity index (χ2n) is 5.36. The molecule has 0 amide bonds. The normalized spacial score (nSPS) is 12.8. The molecule has 18 heavy (non-hydrogen) atoms. The van der Waals surface area contributed by atoms with E-state index in [2.05, 4.69) is 13.8 Å². The molecule has 0 aromatic heterocycles. The lowest BCUT2D eigenvalue weighted by Gasteiger charge is -2.10. The molecule has 0 aliphatic heterocycles. The van der Waals surface area contributed by atoms with Crippen molar-refractivity contribution in [2.24, 2.45) is 11.7 Å². The van der Waals surface area contributed by atoms with E-state index in [1.807, 2.05) is 13.0 Å². The van der Waals surface area contributed by atoms with Gasteiger partial charge >= 0.3 is 0 Å². The van der Waals surface area contributed by atoms with Gasteiger partial charge < -0.3 is 10.5 Å². The third-order valence-corrected chi connectivity index (χ3v) is 2.68. The SMILES string of the molecule is CC(C)CCCOc1cc(F)cc(CC(C)N)c1. The minimum Gasteiger partial charge on any atom is -0.493 e. The van der Waals surface area contributed by atoms with E-state index in [0.717, 1.165) is 18.4 Å². The quantitative estimate of drug-likeness (QED) is 0.754. The zero-order chi connectivity index (χ0) is 13.5. The molecular formula is C15H24FNO. The van der Waals surface area contributed by atoms with Crippen molar-refractivity contribution in [2.45, 2.75) is 46.1 Å². The zero-order valence-electron chi connectivity index (χ0n) is 11.6. The lowest BCUT2D eigenvalue weighted by Crippen LogP contribution is -2.17. The van der Waals surface area contributed by atoms with Crippen molar-refractivity contribution in [2.75, 3.05) is 6.61 Å².